The number of carbonyl (C=O) groups excluding carboxylic acids is 2. The van der Waals surface area contributed by atoms with Crippen LogP contribution in [0.1, 0.15) is 83.0 Å². The highest BCUT2D eigenvalue weighted by Gasteiger charge is 2.46. The van der Waals surface area contributed by atoms with Crippen LogP contribution in [0.3, 0.4) is 0 Å². The van der Waals surface area contributed by atoms with E-state index in [1.165, 1.54) is 12.1 Å². The first kappa shape index (κ1) is 34.6. The van der Waals surface area contributed by atoms with Gasteiger partial charge < -0.3 is 19.4 Å². The van der Waals surface area contributed by atoms with E-state index in [2.05, 4.69) is 38.6 Å². The van der Waals surface area contributed by atoms with E-state index in [9.17, 15) is 9.59 Å². The average Bonchev–Trinajstić information content (AvgIpc) is 3.39. The zero-order valence-electron chi connectivity index (χ0n) is 29.2. The molecule has 0 radical (unpaired) electrons. The number of piperazine rings is 1. The molecule has 3 heterocycles. The van der Waals surface area contributed by atoms with E-state index < -0.39 is 5.60 Å². The van der Waals surface area contributed by atoms with Crippen LogP contribution in [0.15, 0.2) is 42.5 Å². The van der Waals surface area contributed by atoms with Crippen LogP contribution in [-0.4, -0.2) is 85.7 Å². The van der Waals surface area contributed by atoms with Crippen LogP contribution >= 0.6 is 11.6 Å². The molecule has 0 bridgehead atoms. The van der Waals surface area contributed by atoms with E-state index in [0.29, 0.717) is 22.7 Å². The predicted octanol–water partition coefficient (Wildman–Crippen LogP) is 7.68. The SMILES string of the molecule is [C-]#[N+]c1ccc(N2CCC3(CCN(c4ccc(C(=O)N5CCN(CC6CCC(C(=O)OC(C)(C)C)CC6)CC5)cc4)CC3)C2C)cc1Cl. The molecule has 48 heavy (non-hydrogen) atoms. The fourth-order valence-electron chi connectivity index (χ4n) is 8.53. The van der Waals surface area contributed by atoms with Gasteiger partial charge >= 0.3 is 5.97 Å². The van der Waals surface area contributed by atoms with Gasteiger partial charge in [-0.05, 0) is 120 Å². The molecule has 3 saturated heterocycles. The van der Waals surface area contributed by atoms with Crippen LogP contribution in [-0.2, 0) is 9.53 Å². The molecule has 258 valence electrons. The first-order valence-electron chi connectivity index (χ1n) is 18.0. The molecule has 2 aromatic rings. The molecule has 8 nitrogen and oxygen atoms in total. The van der Waals surface area contributed by atoms with Gasteiger partial charge in [-0.15, -0.1) is 0 Å². The first-order chi connectivity index (χ1) is 22.9. The van der Waals surface area contributed by atoms with E-state index in [1.54, 1.807) is 0 Å². The van der Waals surface area contributed by atoms with Gasteiger partial charge in [0.1, 0.15) is 5.60 Å². The van der Waals surface area contributed by atoms with Gasteiger partial charge in [0.2, 0.25) is 5.69 Å². The lowest BCUT2D eigenvalue weighted by Gasteiger charge is -2.44. The zero-order chi connectivity index (χ0) is 34.1. The number of hydrogen-bond acceptors (Lipinski definition) is 6. The molecule has 1 amide bonds. The molecule has 1 saturated carbocycles. The summed E-state index contributed by atoms with van der Waals surface area (Å²) in [7, 11) is 0. The fourth-order valence-corrected chi connectivity index (χ4v) is 8.75. The topological polar surface area (TPSA) is 60.7 Å². The minimum atomic E-state index is -0.422. The first-order valence-corrected chi connectivity index (χ1v) is 18.4. The summed E-state index contributed by atoms with van der Waals surface area (Å²) in [6.45, 7) is 22.8. The van der Waals surface area contributed by atoms with Gasteiger partial charge in [-0.1, -0.05) is 17.7 Å². The second kappa shape index (κ2) is 14.3. The second-order valence-electron chi connectivity index (χ2n) is 15.6. The number of ether oxygens (including phenoxy) is 1. The lowest BCUT2D eigenvalue weighted by Crippen LogP contribution is -2.50. The van der Waals surface area contributed by atoms with E-state index in [-0.39, 0.29) is 23.2 Å². The Balaban J connectivity index is 0.943. The van der Waals surface area contributed by atoms with Crippen LogP contribution in [0.4, 0.5) is 17.1 Å². The van der Waals surface area contributed by atoms with Crippen LogP contribution in [0, 0.1) is 23.8 Å². The third-order valence-electron chi connectivity index (χ3n) is 11.6. The predicted molar refractivity (Wildman–Crippen MR) is 193 cm³/mol. The minimum Gasteiger partial charge on any atom is -0.460 e. The summed E-state index contributed by atoms with van der Waals surface area (Å²) in [4.78, 5) is 38.8. The van der Waals surface area contributed by atoms with Gasteiger partial charge in [-0.2, -0.15) is 0 Å². The number of nitrogens with zero attached hydrogens (tertiary/aromatic N) is 5. The number of esters is 1. The van der Waals surface area contributed by atoms with Gasteiger partial charge in [-0.25, -0.2) is 4.85 Å². The summed E-state index contributed by atoms with van der Waals surface area (Å²) < 4.78 is 5.62. The van der Waals surface area contributed by atoms with Crippen molar-refractivity contribution in [3.63, 3.8) is 0 Å². The number of amides is 1. The Morgan fingerprint density at radius 1 is 0.896 bits per heavy atom. The Kier molecular flexibility index (Phi) is 10.3. The third kappa shape index (κ3) is 7.63. The summed E-state index contributed by atoms with van der Waals surface area (Å²) in [6.07, 6.45) is 7.41. The van der Waals surface area contributed by atoms with Gasteiger partial charge in [-0.3, -0.25) is 14.5 Å². The molecule has 1 unspecified atom stereocenters. The smallest absolute Gasteiger partial charge is 0.309 e. The summed E-state index contributed by atoms with van der Waals surface area (Å²) in [6, 6.07) is 14.5. The van der Waals surface area contributed by atoms with Crippen LogP contribution < -0.4 is 9.80 Å². The van der Waals surface area contributed by atoms with Crippen LogP contribution in [0.25, 0.3) is 4.85 Å². The number of hydrogen-bond donors (Lipinski definition) is 0. The van der Waals surface area contributed by atoms with Gasteiger partial charge in [0.15, 0.2) is 0 Å². The maximum absolute atomic E-state index is 13.4. The molecule has 3 aliphatic heterocycles. The fraction of sp³-hybridized carbons (Fsp3) is 0.615. The number of rotatable bonds is 6. The van der Waals surface area contributed by atoms with Gasteiger partial charge in [0.05, 0.1) is 12.5 Å². The number of carbonyl (C=O) groups is 2. The Labute approximate surface area is 292 Å². The normalized spacial score (nSPS) is 24.8. The largest absolute Gasteiger partial charge is 0.460 e. The molecular weight excluding hydrogens is 622 g/mol. The Morgan fingerprint density at radius 2 is 1.52 bits per heavy atom. The molecule has 1 spiro atoms. The molecule has 2 aromatic carbocycles. The van der Waals surface area contributed by atoms with Crippen LogP contribution in [0.2, 0.25) is 5.02 Å². The molecule has 0 aromatic heterocycles. The molecule has 6 rings (SSSR count). The number of piperidine rings is 1. The monoisotopic (exact) mass is 673 g/mol. The quantitative estimate of drug-likeness (QED) is 0.232. The van der Waals surface area contributed by atoms with E-state index in [1.807, 2.05) is 56.0 Å². The van der Waals surface area contributed by atoms with Crippen molar-refractivity contribution >= 4 is 40.5 Å². The van der Waals surface area contributed by atoms with E-state index in [4.69, 9.17) is 22.9 Å². The molecule has 4 aliphatic rings. The summed E-state index contributed by atoms with van der Waals surface area (Å²) in [5, 5.41) is 0.529. The summed E-state index contributed by atoms with van der Waals surface area (Å²) >= 11 is 6.37. The molecule has 1 atom stereocenters. The number of anilines is 2. The van der Waals surface area contributed by atoms with Crippen molar-refractivity contribution in [1.29, 1.82) is 0 Å². The molecular formula is C39H52ClN5O3. The summed E-state index contributed by atoms with van der Waals surface area (Å²) in [5.74, 6) is 0.740. The Bertz CT molecular complexity index is 1490. The zero-order valence-corrected chi connectivity index (χ0v) is 30.0. The highest BCUT2D eigenvalue weighted by Crippen LogP contribution is 2.48. The average molecular weight is 674 g/mol. The van der Waals surface area contributed by atoms with Crippen molar-refractivity contribution < 1.29 is 14.3 Å². The lowest BCUT2D eigenvalue weighted by molar-refractivity contribution is -0.161. The van der Waals surface area contributed by atoms with Crippen molar-refractivity contribution in [3.05, 3.63) is 64.5 Å². The third-order valence-corrected chi connectivity index (χ3v) is 11.9. The molecule has 4 fully saturated rings. The van der Waals surface area contributed by atoms with Crippen molar-refractivity contribution in [2.24, 2.45) is 17.3 Å². The Hall–Kier alpha value is -3.28. The van der Waals surface area contributed by atoms with Crippen molar-refractivity contribution in [3.8, 4) is 0 Å². The standard InChI is InChI=1S/C39H52ClN5O3/c1-28-39(18-21-45(28)33-14-15-35(41-5)34(40)26-33)16-19-43(20-17-39)32-12-10-30(11-13-32)36(46)44-24-22-42(23-25-44)27-29-6-8-31(9-7-29)37(47)48-38(2,3)4/h10-15,26,28-29,31H,6-9,16-25,27H2,1-4H3. The van der Waals surface area contributed by atoms with Crippen molar-refractivity contribution in [1.82, 2.24) is 9.80 Å². The highest BCUT2D eigenvalue weighted by atomic mass is 35.5. The second-order valence-corrected chi connectivity index (χ2v) is 16.0. The Morgan fingerprint density at radius 3 is 2.12 bits per heavy atom. The van der Waals surface area contributed by atoms with E-state index in [0.717, 1.165) is 102 Å². The highest BCUT2D eigenvalue weighted by molar-refractivity contribution is 6.33. The lowest BCUT2D eigenvalue weighted by atomic mass is 9.73. The van der Waals surface area contributed by atoms with Gasteiger partial charge in [0, 0.05) is 80.4 Å². The van der Waals surface area contributed by atoms with Crippen molar-refractivity contribution in [2.45, 2.75) is 84.3 Å². The molecule has 9 heteroatoms. The molecule has 1 aliphatic carbocycles. The maximum Gasteiger partial charge on any atom is 0.309 e. The van der Waals surface area contributed by atoms with Gasteiger partial charge in [0.25, 0.3) is 5.91 Å². The van der Waals surface area contributed by atoms with Crippen LogP contribution in [0.5, 0.6) is 0 Å². The van der Waals surface area contributed by atoms with Crippen molar-refractivity contribution in [2.75, 3.05) is 62.2 Å². The molecule has 0 N–H and O–H groups in total. The van der Waals surface area contributed by atoms with E-state index >= 15 is 0 Å². The number of halogens is 1. The number of benzene rings is 2. The maximum atomic E-state index is 13.4. The minimum absolute atomic E-state index is 0.0374. The summed E-state index contributed by atoms with van der Waals surface area (Å²) in [5.41, 5.74) is 3.43.